The molecule has 1 aliphatic carbocycles. The summed E-state index contributed by atoms with van der Waals surface area (Å²) in [6, 6.07) is 3.65. The van der Waals surface area contributed by atoms with Crippen LogP contribution in [0.2, 0.25) is 0 Å². The molecule has 0 spiro atoms. The summed E-state index contributed by atoms with van der Waals surface area (Å²) in [6.07, 6.45) is 6.89. The van der Waals surface area contributed by atoms with Crippen molar-refractivity contribution >= 4 is 16.7 Å². The fourth-order valence-electron chi connectivity index (χ4n) is 6.47. The molecule has 1 saturated carbocycles. The highest BCUT2D eigenvalue weighted by Gasteiger charge is 2.50. The quantitative estimate of drug-likeness (QED) is 0.548. The smallest absolute Gasteiger partial charge is 0.261 e. The number of rotatable bonds is 6. The van der Waals surface area contributed by atoms with Crippen LogP contribution in [0.15, 0.2) is 16.7 Å². The van der Waals surface area contributed by atoms with Gasteiger partial charge < -0.3 is 19.5 Å². The van der Waals surface area contributed by atoms with Crippen LogP contribution in [-0.4, -0.2) is 53.0 Å². The molecule has 1 N–H and O–H groups in total. The Kier molecular flexibility index (Phi) is 5.76. The van der Waals surface area contributed by atoms with Crippen LogP contribution in [0.25, 0.3) is 22.4 Å². The van der Waals surface area contributed by atoms with Crippen LogP contribution < -0.4 is 10.2 Å². The van der Waals surface area contributed by atoms with E-state index >= 15 is 4.39 Å². The van der Waals surface area contributed by atoms with E-state index in [0.29, 0.717) is 29.3 Å². The van der Waals surface area contributed by atoms with E-state index in [9.17, 15) is 0 Å². The lowest BCUT2D eigenvalue weighted by molar-refractivity contribution is 0.0995. The second-order valence-corrected chi connectivity index (χ2v) is 10.6. The molecule has 186 valence electrons. The maximum absolute atomic E-state index is 15.3. The summed E-state index contributed by atoms with van der Waals surface area (Å²) in [7, 11) is 0. The van der Waals surface area contributed by atoms with Crippen molar-refractivity contribution in [1.82, 2.24) is 20.4 Å². The zero-order valence-corrected chi connectivity index (χ0v) is 20.9. The number of fused-ring (bicyclic) bond motifs is 2. The molecule has 3 atom stereocenters. The van der Waals surface area contributed by atoms with Crippen LogP contribution in [0.5, 0.6) is 0 Å². The molecule has 6 rings (SSSR count). The maximum atomic E-state index is 15.3. The van der Waals surface area contributed by atoms with Crippen LogP contribution in [0, 0.1) is 25.6 Å². The Morgan fingerprint density at radius 2 is 2.09 bits per heavy atom. The lowest BCUT2D eigenvalue weighted by atomic mass is 9.90. The Labute approximate surface area is 205 Å². The largest absolute Gasteiger partial charge is 0.377 e. The van der Waals surface area contributed by atoms with E-state index in [-0.39, 0.29) is 11.4 Å². The average molecular weight is 480 g/mol. The van der Waals surface area contributed by atoms with Crippen LogP contribution >= 0.6 is 0 Å². The molecule has 0 bridgehead atoms. The normalized spacial score (nSPS) is 26.2. The van der Waals surface area contributed by atoms with Crippen molar-refractivity contribution in [3.05, 3.63) is 34.9 Å². The number of aromatic nitrogens is 3. The lowest BCUT2D eigenvalue weighted by Gasteiger charge is -2.32. The van der Waals surface area contributed by atoms with E-state index < -0.39 is 0 Å². The number of halogens is 1. The molecular formula is C27H34FN5O2. The van der Waals surface area contributed by atoms with Crippen LogP contribution in [0.4, 0.5) is 10.2 Å². The van der Waals surface area contributed by atoms with E-state index in [0.717, 1.165) is 79.8 Å². The number of hydrogen-bond acceptors (Lipinski definition) is 7. The number of pyridine rings is 1. The van der Waals surface area contributed by atoms with Gasteiger partial charge in [0, 0.05) is 37.2 Å². The Balaban J connectivity index is 1.43. The number of hydrogen-bond donors (Lipinski definition) is 1. The molecular weight excluding hydrogens is 445 g/mol. The van der Waals surface area contributed by atoms with E-state index in [1.165, 1.54) is 12.8 Å². The topological polar surface area (TPSA) is 76.3 Å². The minimum Gasteiger partial charge on any atom is -0.377 e. The van der Waals surface area contributed by atoms with Gasteiger partial charge in [0.25, 0.3) is 5.89 Å². The molecule has 35 heavy (non-hydrogen) atoms. The molecule has 3 fully saturated rings. The van der Waals surface area contributed by atoms with E-state index in [1.807, 2.05) is 26.8 Å². The van der Waals surface area contributed by atoms with Crippen molar-refractivity contribution in [2.24, 2.45) is 5.92 Å². The van der Waals surface area contributed by atoms with E-state index in [1.54, 1.807) is 6.07 Å². The van der Waals surface area contributed by atoms with Crippen molar-refractivity contribution in [3.8, 4) is 11.5 Å². The highest BCUT2D eigenvalue weighted by molar-refractivity contribution is 5.93. The third-order valence-electron chi connectivity index (χ3n) is 8.37. The van der Waals surface area contributed by atoms with Crippen molar-refractivity contribution in [2.45, 2.75) is 70.9 Å². The Morgan fingerprint density at radius 3 is 2.83 bits per heavy atom. The van der Waals surface area contributed by atoms with E-state index in [2.05, 4.69) is 20.4 Å². The zero-order chi connectivity index (χ0) is 24.2. The van der Waals surface area contributed by atoms with Gasteiger partial charge in [0.15, 0.2) is 5.82 Å². The van der Waals surface area contributed by atoms with Gasteiger partial charge in [-0.2, -0.15) is 4.98 Å². The summed E-state index contributed by atoms with van der Waals surface area (Å²) in [5.41, 5.74) is 3.14. The van der Waals surface area contributed by atoms with Gasteiger partial charge in [-0.25, -0.2) is 9.37 Å². The van der Waals surface area contributed by atoms with Crippen LogP contribution in [0.3, 0.4) is 0 Å². The van der Waals surface area contributed by atoms with Gasteiger partial charge in [0.05, 0.1) is 11.7 Å². The predicted molar refractivity (Wildman–Crippen MR) is 133 cm³/mol. The fourth-order valence-corrected chi connectivity index (χ4v) is 6.47. The minimum absolute atomic E-state index is 0.0309. The second-order valence-electron chi connectivity index (χ2n) is 10.6. The first-order valence-electron chi connectivity index (χ1n) is 13.0. The molecule has 7 nitrogen and oxygen atoms in total. The SMILES string of the molecule is CCc1cc(F)c2nc(N3C[C@H]4CCC[C@@]4(NC[C@H]4CCCO4)C3)c(-c3nc(C)no3)c(C)c2c1. The lowest BCUT2D eigenvalue weighted by Crippen LogP contribution is -2.51. The molecule has 4 heterocycles. The minimum atomic E-state index is -0.275. The number of nitrogens with zero attached hydrogens (tertiary/aromatic N) is 4. The third-order valence-corrected chi connectivity index (χ3v) is 8.37. The molecule has 8 heteroatoms. The summed E-state index contributed by atoms with van der Waals surface area (Å²) in [5.74, 6) is 2.01. The van der Waals surface area contributed by atoms with Crippen LogP contribution in [0.1, 0.15) is 56.0 Å². The first-order chi connectivity index (χ1) is 17.0. The molecule has 2 aliphatic heterocycles. The number of benzene rings is 1. The molecule has 0 amide bonds. The highest BCUT2D eigenvalue weighted by atomic mass is 19.1. The molecule has 3 aromatic rings. The van der Waals surface area contributed by atoms with Crippen LogP contribution in [-0.2, 0) is 11.2 Å². The Bertz CT molecular complexity index is 1250. The van der Waals surface area contributed by atoms with Gasteiger partial charge in [-0.1, -0.05) is 18.5 Å². The van der Waals surface area contributed by atoms with Crippen molar-refractivity contribution < 1.29 is 13.7 Å². The summed E-state index contributed by atoms with van der Waals surface area (Å²) in [5, 5.41) is 8.77. The van der Waals surface area contributed by atoms with E-state index in [4.69, 9.17) is 14.2 Å². The first kappa shape index (κ1) is 22.9. The summed E-state index contributed by atoms with van der Waals surface area (Å²) < 4.78 is 26.8. The number of ether oxygens (including phenoxy) is 1. The van der Waals surface area contributed by atoms with Crippen molar-refractivity contribution in [1.29, 1.82) is 0 Å². The molecule has 0 radical (unpaired) electrons. The van der Waals surface area contributed by atoms with Crippen molar-refractivity contribution in [2.75, 3.05) is 31.1 Å². The highest BCUT2D eigenvalue weighted by Crippen LogP contribution is 2.46. The number of anilines is 1. The monoisotopic (exact) mass is 479 g/mol. The predicted octanol–water partition coefficient (Wildman–Crippen LogP) is 4.73. The Hall–Kier alpha value is -2.58. The molecule has 2 saturated heterocycles. The standard InChI is InChI=1S/C27H34FN5O2/c1-4-18-11-21-16(2)23(26-30-17(3)32-35-26)25(31-24(21)22(28)12-18)33-14-19-7-5-9-27(19,15-33)29-13-20-8-6-10-34-20/h11-12,19-20,29H,4-10,13-15H2,1-3H3/t19-,20-,27-/m1/s1. The molecule has 2 aromatic heterocycles. The van der Waals surface area contributed by atoms with Crippen molar-refractivity contribution in [3.63, 3.8) is 0 Å². The van der Waals surface area contributed by atoms with Gasteiger partial charge in [-0.3, -0.25) is 0 Å². The van der Waals surface area contributed by atoms with Gasteiger partial charge in [-0.05, 0) is 75.1 Å². The average Bonchev–Trinajstić information content (AvgIpc) is 3.62. The van der Waals surface area contributed by atoms with Gasteiger partial charge in [0.2, 0.25) is 0 Å². The zero-order valence-electron chi connectivity index (χ0n) is 20.9. The second kappa shape index (κ2) is 8.82. The maximum Gasteiger partial charge on any atom is 0.261 e. The molecule has 3 aliphatic rings. The first-order valence-corrected chi connectivity index (χ1v) is 13.0. The summed E-state index contributed by atoms with van der Waals surface area (Å²) >= 11 is 0. The van der Waals surface area contributed by atoms with Gasteiger partial charge >= 0.3 is 0 Å². The number of aryl methyl sites for hydroxylation is 3. The third kappa shape index (κ3) is 3.91. The number of nitrogens with one attached hydrogen (secondary N) is 1. The summed E-state index contributed by atoms with van der Waals surface area (Å²) in [4.78, 5) is 11.8. The molecule has 0 unspecified atom stereocenters. The van der Waals surface area contributed by atoms with Gasteiger partial charge in [0.1, 0.15) is 17.2 Å². The summed E-state index contributed by atoms with van der Waals surface area (Å²) in [6.45, 7) is 9.33. The Morgan fingerprint density at radius 1 is 1.20 bits per heavy atom. The van der Waals surface area contributed by atoms with Gasteiger partial charge in [-0.15, -0.1) is 0 Å². The molecule has 1 aromatic carbocycles. The fraction of sp³-hybridized carbons (Fsp3) is 0.593.